The van der Waals surface area contributed by atoms with Crippen molar-refractivity contribution in [2.24, 2.45) is 0 Å². The van der Waals surface area contributed by atoms with Crippen molar-refractivity contribution in [3.8, 4) is 0 Å². The van der Waals surface area contributed by atoms with Crippen LogP contribution in [0.15, 0.2) is 17.7 Å². The van der Waals surface area contributed by atoms with Gasteiger partial charge in [-0.25, -0.2) is 13.2 Å². The van der Waals surface area contributed by atoms with E-state index in [2.05, 4.69) is 15.9 Å². The number of hydrogen-bond donors (Lipinski definition) is 0. The molecule has 0 amide bonds. The average Bonchev–Trinajstić information content (AvgIpc) is 2.16. The Morgan fingerprint density at radius 2 is 1.86 bits per heavy atom. The van der Waals surface area contributed by atoms with E-state index in [0.717, 1.165) is 12.1 Å². The van der Waals surface area contributed by atoms with E-state index in [4.69, 9.17) is 11.6 Å². The second-order valence-electron chi connectivity index (χ2n) is 2.53. The van der Waals surface area contributed by atoms with Crippen LogP contribution < -0.4 is 0 Å². The highest BCUT2D eigenvalue weighted by Crippen LogP contribution is 2.25. The lowest BCUT2D eigenvalue weighted by atomic mass is 10.1. The van der Waals surface area contributed by atoms with Crippen molar-refractivity contribution in [3.63, 3.8) is 0 Å². The van der Waals surface area contributed by atoms with Crippen LogP contribution in [0.3, 0.4) is 0 Å². The summed E-state index contributed by atoms with van der Waals surface area (Å²) in [6, 6.07) is 2.10. The Morgan fingerprint density at radius 3 is 2.21 bits per heavy atom. The van der Waals surface area contributed by atoms with Gasteiger partial charge in [-0.1, -0.05) is 27.5 Å². The predicted molar refractivity (Wildman–Crippen MR) is 53.9 cm³/mol. The first-order chi connectivity index (χ1) is 6.60. The third-order valence-electron chi connectivity index (χ3n) is 1.59. The van der Waals surface area contributed by atoms with Gasteiger partial charge in [0.15, 0.2) is 0 Å². The standard InChI is InChI=1S/C9H5BrClF3/c10-3-5-1-6(12)9(7(13)2-5)8(14)4-11/h1-2,4H,3H2. The van der Waals surface area contributed by atoms with Gasteiger partial charge in [0, 0.05) is 10.9 Å². The zero-order chi connectivity index (χ0) is 10.7. The van der Waals surface area contributed by atoms with Crippen molar-refractivity contribution in [2.75, 3.05) is 0 Å². The monoisotopic (exact) mass is 284 g/mol. The molecule has 0 aromatic heterocycles. The van der Waals surface area contributed by atoms with Crippen molar-refractivity contribution in [1.29, 1.82) is 0 Å². The normalized spacial score (nSPS) is 11.9. The molecule has 0 heterocycles. The summed E-state index contributed by atoms with van der Waals surface area (Å²) in [4.78, 5) is 0. The van der Waals surface area contributed by atoms with Crippen molar-refractivity contribution >= 4 is 33.4 Å². The van der Waals surface area contributed by atoms with Crippen LogP contribution in [-0.2, 0) is 5.33 Å². The summed E-state index contributed by atoms with van der Waals surface area (Å²) in [5.41, 5.74) is 0.158. The molecule has 76 valence electrons. The van der Waals surface area contributed by atoms with Gasteiger partial charge in [0.2, 0.25) is 0 Å². The smallest absolute Gasteiger partial charge is 0.147 e. The Kier molecular flexibility index (Phi) is 4.01. The number of benzene rings is 1. The third kappa shape index (κ3) is 2.30. The van der Waals surface area contributed by atoms with E-state index in [1.807, 2.05) is 0 Å². The van der Waals surface area contributed by atoms with E-state index in [1.165, 1.54) is 0 Å². The van der Waals surface area contributed by atoms with Gasteiger partial charge in [0.05, 0.1) is 5.56 Å². The molecule has 0 bridgehead atoms. The van der Waals surface area contributed by atoms with Crippen LogP contribution in [0, 0.1) is 11.6 Å². The quantitative estimate of drug-likeness (QED) is 0.708. The molecule has 1 aromatic rings. The molecule has 0 atom stereocenters. The highest BCUT2D eigenvalue weighted by Gasteiger charge is 2.14. The van der Waals surface area contributed by atoms with Crippen LogP contribution in [0.4, 0.5) is 13.2 Å². The zero-order valence-electron chi connectivity index (χ0n) is 6.83. The number of rotatable bonds is 2. The molecule has 0 spiro atoms. The van der Waals surface area contributed by atoms with Gasteiger partial charge in [-0.2, -0.15) is 0 Å². The van der Waals surface area contributed by atoms with Crippen molar-refractivity contribution in [3.05, 3.63) is 40.4 Å². The van der Waals surface area contributed by atoms with E-state index in [0.29, 0.717) is 16.4 Å². The Morgan fingerprint density at radius 1 is 1.36 bits per heavy atom. The fourth-order valence-corrected chi connectivity index (χ4v) is 1.42. The first-order valence-electron chi connectivity index (χ1n) is 3.60. The van der Waals surface area contributed by atoms with E-state index < -0.39 is 23.0 Å². The second-order valence-corrected chi connectivity index (χ2v) is 3.30. The molecular weight excluding hydrogens is 280 g/mol. The molecule has 14 heavy (non-hydrogen) atoms. The predicted octanol–water partition coefficient (Wildman–Crippen LogP) is 4.37. The molecule has 1 aromatic carbocycles. The SMILES string of the molecule is FC(=CCl)c1c(F)cc(CBr)cc1F. The van der Waals surface area contributed by atoms with Crippen molar-refractivity contribution < 1.29 is 13.2 Å². The number of alkyl halides is 1. The molecule has 0 nitrogen and oxygen atoms in total. The molecule has 0 saturated heterocycles. The summed E-state index contributed by atoms with van der Waals surface area (Å²) in [6.07, 6.45) is 0. The second kappa shape index (κ2) is 4.84. The minimum absolute atomic E-state index is 0.299. The highest BCUT2D eigenvalue weighted by molar-refractivity contribution is 9.08. The van der Waals surface area contributed by atoms with Crippen molar-refractivity contribution in [1.82, 2.24) is 0 Å². The lowest BCUT2D eigenvalue weighted by Crippen LogP contribution is -1.94. The van der Waals surface area contributed by atoms with Crippen LogP contribution >= 0.6 is 27.5 Å². The molecule has 0 N–H and O–H groups in total. The molecule has 0 saturated carbocycles. The Labute approximate surface area is 92.5 Å². The van der Waals surface area contributed by atoms with E-state index >= 15 is 0 Å². The van der Waals surface area contributed by atoms with Crippen LogP contribution in [0.1, 0.15) is 11.1 Å². The first-order valence-corrected chi connectivity index (χ1v) is 5.16. The van der Waals surface area contributed by atoms with Gasteiger partial charge < -0.3 is 0 Å². The first kappa shape index (κ1) is 11.6. The lowest BCUT2D eigenvalue weighted by Gasteiger charge is -2.03. The highest BCUT2D eigenvalue weighted by atomic mass is 79.9. The summed E-state index contributed by atoms with van der Waals surface area (Å²) < 4.78 is 39.1. The Balaban J connectivity index is 3.32. The van der Waals surface area contributed by atoms with Crippen LogP contribution in [0.25, 0.3) is 5.83 Å². The minimum atomic E-state index is -1.12. The van der Waals surface area contributed by atoms with Crippen LogP contribution in [-0.4, -0.2) is 0 Å². The molecule has 0 aliphatic rings. The molecule has 0 radical (unpaired) electrons. The topological polar surface area (TPSA) is 0 Å². The van der Waals surface area contributed by atoms with E-state index in [-0.39, 0.29) is 0 Å². The fourth-order valence-electron chi connectivity index (χ4n) is 0.985. The molecule has 1 rings (SSSR count). The summed E-state index contributed by atoms with van der Waals surface area (Å²) >= 11 is 8.06. The third-order valence-corrected chi connectivity index (χ3v) is 2.43. The number of halogens is 5. The Bertz CT molecular complexity index is 353. The molecule has 0 unspecified atom stereocenters. The molecule has 0 aliphatic heterocycles. The Hall–Kier alpha value is -0.480. The van der Waals surface area contributed by atoms with Gasteiger partial charge >= 0.3 is 0 Å². The lowest BCUT2D eigenvalue weighted by molar-refractivity contribution is 0.564. The van der Waals surface area contributed by atoms with E-state index in [1.54, 1.807) is 0 Å². The average molecular weight is 285 g/mol. The summed E-state index contributed by atoms with van der Waals surface area (Å²) in [7, 11) is 0. The number of hydrogen-bond acceptors (Lipinski definition) is 0. The van der Waals surface area contributed by atoms with E-state index in [9.17, 15) is 13.2 Å². The van der Waals surface area contributed by atoms with Gasteiger partial charge in [0.1, 0.15) is 17.5 Å². The maximum Gasteiger partial charge on any atom is 0.147 e. The van der Waals surface area contributed by atoms with Crippen molar-refractivity contribution in [2.45, 2.75) is 5.33 Å². The maximum atomic E-state index is 13.1. The summed E-state index contributed by atoms with van der Waals surface area (Å²) in [5, 5.41) is 0.299. The maximum absolute atomic E-state index is 13.1. The molecule has 0 aliphatic carbocycles. The molecular formula is C9H5BrClF3. The molecule has 0 fully saturated rings. The summed E-state index contributed by atoms with van der Waals surface area (Å²) in [5.74, 6) is -3.05. The minimum Gasteiger partial charge on any atom is -0.206 e. The van der Waals surface area contributed by atoms with Gasteiger partial charge in [-0.05, 0) is 17.7 Å². The summed E-state index contributed by atoms with van der Waals surface area (Å²) in [6.45, 7) is 0. The molecule has 5 heteroatoms. The van der Waals surface area contributed by atoms with Crippen LogP contribution in [0.2, 0.25) is 0 Å². The van der Waals surface area contributed by atoms with Gasteiger partial charge in [0.25, 0.3) is 0 Å². The fraction of sp³-hybridized carbons (Fsp3) is 0.111. The van der Waals surface area contributed by atoms with Crippen LogP contribution in [0.5, 0.6) is 0 Å². The zero-order valence-corrected chi connectivity index (χ0v) is 9.17. The van der Waals surface area contributed by atoms with Gasteiger partial charge in [-0.3, -0.25) is 0 Å². The van der Waals surface area contributed by atoms with Gasteiger partial charge in [-0.15, -0.1) is 0 Å². The largest absolute Gasteiger partial charge is 0.206 e.